The molecule has 4 N–H and O–H groups in total. The SMILES string of the molecule is NCc1ccc(C(=O)NC2CC2)cc1NC(=O)c1csc(-c2cccnc2)c1. The van der Waals surface area contributed by atoms with Crippen molar-refractivity contribution in [2.75, 3.05) is 5.32 Å². The van der Waals surface area contributed by atoms with Crippen LogP contribution in [0.3, 0.4) is 0 Å². The Morgan fingerprint density at radius 2 is 2.00 bits per heavy atom. The van der Waals surface area contributed by atoms with E-state index in [1.165, 1.54) is 11.3 Å². The summed E-state index contributed by atoms with van der Waals surface area (Å²) >= 11 is 1.48. The molecule has 1 aromatic carbocycles. The van der Waals surface area contributed by atoms with Crippen LogP contribution in [0.25, 0.3) is 10.4 Å². The Morgan fingerprint density at radius 1 is 1.14 bits per heavy atom. The minimum Gasteiger partial charge on any atom is -0.349 e. The summed E-state index contributed by atoms with van der Waals surface area (Å²) in [5.41, 5.74) is 9.18. The molecule has 0 aliphatic heterocycles. The predicted molar refractivity (Wildman–Crippen MR) is 110 cm³/mol. The minimum atomic E-state index is -0.235. The molecule has 1 saturated carbocycles. The second kappa shape index (κ2) is 7.92. The Bertz CT molecular complexity index is 1010. The number of amides is 2. The largest absolute Gasteiger partial charge is 0.349 e. The molecule has 2 heterocycles. The molecule has 1 aliphatic rings. The van der Waals surface area contributed by atoms with Crippen molar-refractivity contribution in [3.8, 4) is 10.4 Å². The lowest BCUT2D eigenvalue weighted by atomic mass is 10.1. The average molecular weight is 392 g/mol. The zero-order valence-corrected chi connectivity index (χ0v) is 16.0. The van der Waals surface area contributed by atoms with E-state index in [1.807, 2.05) is 23.6 Å². The van der Waals surface area contributed by atoms with Crippen molar-refractivity contribution >= 4 is 28.8 Å². The molecule has 0 unspecified atom stereocenters. The van der Waals surface area contributed by atoms with Gasteiger partial charge >= 0.3 is 0 Å². The van der Waals surface area contributed by atoms with Gasteiger partial charge in [0.1, 0.15) is 0 Å². The first-order valence-electron chi connectivity index (χ1n) is 9.08. The lowest BCUT2D eigenvalue weighted by Crippen LogP contribution is -2.25. The van der Waals surface area contributed by atoms with E-state index in [4.69, 9.17) is 5.73 Å². The van der Waals surface area contributed by atoms with Crippen molar-refractivity contribution in [3.63, 3.8) is 0 Å². The van der Waals surface area contributed by atoms with E-state index >= 15 is 0 Å². The second-order valence-electron chi connectivity index (χ2n) is 6.72. The molecular weight excluding hydrogens is 372 g/mol. The van der Waals surface area contributed by atoms with E-state index in [2.05, 4.69) is 15.6 Å². The fourth-order valence-electron chi connectivity index (χ4n) is 2.82. The Morgan fingerprint density at radius 3 is 2.71 bits per heavy atom. The van der Waals surface area contributed by atoms with Crippen molar-refractivity contribution < 1.29 is 9.59 Å². The molecule has 4 rings (SSSR count). The van der Waals surface area contributed by atoms with Crippen molar-refractivity contribution in [2.45, 2.75) is 25.4 Å². The number of thiophene rings is 1. The monoisotopic (exact) mass is 392 g/mol. The maximum absolute atomic E-state index is 12.7. The Kier molecular flexibility index (Phi) is 5.18. The molecule has 2 amide bonds. The lowest BCUT2D eigenvalue weighted by molar-refractivity contribution is 0.0949. The number of nitrogens with two attached hydrogens (primary N) is 1. The number of carbonyl (C=O) groups excluding carboxylic acids is 2. The van der Waals surface area contributed by atoms with Gasteiger partial charge in [-0.15, -0.1) is 11.3 Å². The first-order valence-corrected chi connectivity index (χ1v) is 9.96. The van der Waals surface area contributed by atoms with Crippen LogP contribution in [0.1, 0.15) is 39.1 Å². The van der Waals surface area contributed by atoms with Gasteiger partial charge < -0.3 is 16.4 Å². The van der Waals surface area contributed by atoms with Gasteiger partial charge in [0.25, 0.3) is 11.8 Å². The molecule has 142 valence electrons. The predicted octanol–water partition coefficient (Wildman–Crippen LogP) is 3.41. The number of nitrogens with zero attached hydrogens (tertiary/aromatic N) is 1. The quantitative estimate of drug-likeness (QED) is 0.599. The van der Waals surface area contributed by atoms with Gasteiger partial charge in [-0.3, -0.25) is 14.6 Å². The van der Waals surface area contributed by atoms with Crippen LogP contribution in [-0.4, -0.2) is 22.8 Å². The lowest BCUT2D eigenvalue weighted by Gasteiger charge is -2.12. The smallest absolute Gasteiger partial charge is 0.256 e. The number of anilines is 1. The highest BCUT2D eigenvalue weighted by Crippen LogP contribution is 2.27. The number of hydrogen-bond acceptors (Lipinski definition) is 5. The van der Waals surface area contributed by atoms with Crippen LogP contribution in [0, 0.1) is 0 Å². The molecule has 1 fully saturated rings. The summed E-state index contributed by atoms with van der Waals surface area (Å²) in [6.07, 6.45) is 5.52. The number of hydrogen-bond donors (Lipinski definition) is 3. The topological polar surface area (TPSA) is 97.1 Å². The number of aromatic nitrogens is 1. The van der Waals surface area contributed by atoms with Gasteiger partial charge in [0.2, 0.25) is 0 Å². The highest BCUT2D eigenvalue weighted by atomic mass is 32.1. The van der Waals surface area contributed by atoms with Gasteiger partial charge in [-0.25, -0.2) is 0 Å². The zero-order chi connectivity index (χ0) is 19.5. The van der Waals surface area contributed by atoms with E-state index in [0.717, 1.165) is 28.8 Å². The summed E-state index contributed by atoms with van der Waals surface area (Å²) in [4.78, 5) is 30.1. The van der Waals surface area contributed by atoms with Crippen LogP contribution >= 0.6 is 11.3 Å². The maximum Gasteiger partial charge on any atom is 0.256 e. The summed E-state index contributed by atoms with van der Waals surface area (Å²) in [5.74, 6) is -0.364. The molecule has 2 aromatic heterocycles. The Labute approximate surface area is 166 Å². The highest BCUT2D eigenvalue weighted by Gasteiger charge is 2.24. The highest BCUT2D eigenvalue weighted by molar-refractivity contribution is 7.13. The van der Waals surface area contributed by atoms with Gasteiger partial charge in [-0.2, -0.15) is 0 Å². The van der Waals surface area contributed by atoms with Gasteiger partial charge in [0, 0.05) is 52.1 Å². The third kappa shape index (κ3) is 4.11. The molecule has 0 spiro atoms. The van der Waals surface area contributed by atoms with Crippen LogP contribution < -0.4 is 16.4 Å². The van der Waals surface area contributed by atoms with E-state index < -0.39 is 0 Å². The first kappa shape index (κ1) is 18.3. The molecule has 7 heteroatoms. The summed E-state index contributed by atoms with van der Waals surface area (Å²) < 4.78 is 0. The molecule has 1 aliphatic carbocycles. The molecular formula is C21H20N4O2S. The molecule has 3 aromatic rings. The van der Waals surface area contributed by atoms with Gasteiger partial charge in [0.15, 0.2) is 0 Å². The number of benzene rings is 1. The summed E-state index contributed by atoms with van der Waals surface area (Å²) in [6.45, 7) is 0.269. The van der Waals surface area contributed by atoms with E-state index in [9.17, 15) is 9.59 Å². The van der Waals surface area contributed by atoms with Crippen molar-refractivity contribution in [3.05, 3.63) is 70.9 Å². The molecule has 0 radical (unpaired) electrons. The Hall–Kier alpha value is -3.03. The van der Waals surface area contributed by atoms with E-state index in [-0.39, 0.29) is 24.4 Å². The Balaban J connectivity index is 1.53. The van der Waals surface area contributed by atoms with Crippen LogP contribution in [0.4, 0.5) is 5.69 Å². The molecule has 0 bridgehead atoms. The third-order valence-electron chi connectivity index (χ3n) is 4.56. The number of pyridine rings is 1. The first-order chi connectivity index (χ1) is 13.6. The van der Waals surface area contributed by atoms with Crippen molar-refractivity contribution in [1.29, 1.82) is 0 Å². The van der Waals surface area contributed by atoms with E-state index in [0.29, 0.717) is 16.8 Å². The fraction of sp³-hybridized carbons (Fsp3) is 0.190. The molecule has 0 atom stereocenters. The second-order valence-corrected chi connectivity index (χ2v) is 7.63. The summed E-state index contributed by atoms with van der Waals surface area (Å²) in [5, 5.41) is 7.66. The van der Waals surface area contributed by atoms with Crippen LogP contribution in [0.5, 0.6) is 0 Å². The zero-order valence-electron chi connectivity index (χ0n) is 15.1. The number of nitrogens with one attached hydrogen (secondary N) is 2. The number of rotatable bonds is 6. The average Bonchev–Trinajstić information content (AvgIpc) is 3.39. The summed E-state index contributed by atoms with van der Waals surface area (Å²) in [7, 11) is 0. The van der Waals surface area contributed by atoms with Crippen LogP contribution in [-0.2, 0) is 6.54 Å². The maximum atomic E-state index is 12.7. The van der Waals surface area contributed by atoms with Gasteiger partial charge in [-0.1, -0.05) is 12.1 Å². The van der Waals surface area contributed by atoms with Gasteiger partial charge in [-0.05, 0) is 42.7 Å². The molecule has 28 heavy (non-hydrogen) atoms. The third-order valence-corrected chi connectivity index (χ3v) is 5.54. The fourth-order valence-corrected chi connectivity index (χ4v) is 3.70. The minimum absolute atomic E-state index is 0.129. The standard InChI is InChI=1S/C21H20N4O2S/c22-10-14-4-3-13(20(26)24-17-5-6-17)8-18(14)25-21(27)16-9-19(28-12-16)15-2-1-7-23-11-15/h1-4,7-9,11-12,17H,5-6,10,22H2,(H,24,26)(H,25,27). The van der Waals surface area contributed by atoms with Crippen molar-refractivity contribution in [1.82, 2.24) is 10.3 Å². The normalized spacial score (nSPS) is 13.2. The van der Waals surface area contributed by atoms with Crippen molar-refractivity contribution in [2.24, 2.45) is 5.73 Å². The van der Waals surface area contributed by atoms with E-state index in [1.54, 1.807) is 30.6 Å². The molecule has 0 saturated heterocycles. The summed E-state index contributed by atoms with van der Waals surface area (Å²) in [6, 6.07) is 11.1. The van der Waals surface area contributed by atoms with Crippen LogP contribution in [0.2, 0.25) is 0 Å². The number of carbonyl (C=O) groups is 2. The molecule has 6 nitrogen and oxygen atoms in total. The van der Waals surface area contributed by atoms with Crippen LogP contribution in [0.15, 0.2) is 54.2 Å². The van der Waals surface area contributed by atoms with Gasteiger partial charge in [0.05, 0.1) is 5.56 Å².